The van der Waals surface area contributed by atoms with Crippen molar-refractivity contribution in [2.75, 3.05) is 39.6 Å². The summed E-state index contributed by atoms with van der Waals surface area (Å²) in [6, 6.07) is 0. The summed E-state index contributed by atoms with van der Waals surface area (Å²) in [7, 11) is -9.91. The van der Waals surface area contributed by atoms with Crippen LogP contribution in [0.3, 0.4) is 0 Å². The molecule has 0 aliphatic carbocycles. The molecule has 6 atom stereocenters. The first-order valence-electron chi connectivity index (χ1n) is 39.5. The fourth-order valence-electron chi connectivity index (χ4n) is 11.6. The number of esters is 4. The van der Waals surface area contributed by atoms with Crippen LogP contribution in [0.1, 0.15) is 395 Å². The van der Waals surface area contributed by atoms with Crippen molar-refractivity contribution in [2.45, 2.75) is 413 Å². The summed E-state index contributed by atoms with van der Waals surface area (Å²) in [4.78, 5) is 72.8. The Labute approximate surface area is 581 Å². The van der Waals surface area contributed by atoms with Gasteiger partial charge in [0, 0.05) is 25.7 Å². The molecule has 0 aromatic rings. The van der Waals surface area contributed by atoms with Crippen molar-refractivity contribution >= 4 is 39.5 Å². The lowest BCUT2D eigenvalue weighted by Crippen LogP contribution is -2.30. The zero-order valence-corrected chi connectivity index (χ0v) is 63.8. The predicted molar refractivity (Wildman–Crippen MR) is 386 cm³/mol. The second-order valence-corrected chi connectivity index (χ2v) is 31.0. The summed E-state index contributed by atoms with van der Waals surface area (Å²) in [6.07, 6.45) is 55.3. The van der Waals surface area contributed by atoms with Crippen LogP contribution < -0.4 is 0 Å². The predicted octanol–water partition coefficient (Wildman–Crippen LogP) is 22.3. The van der Waals surface area contributed by atoms with Crippen LogP contribution in [0.15, 0.2) is 0 Å². The van der Waals surface area contributed by atoms with Crippen LogP contribution in [0.4, 0.5) is 0 Å². The number of ether oxygens (including phenoxy) is 4. The topological polar surface area (TPSA) is 237 Å². The minimum Gasteiger partial charge on any atom is -0.462 e. The first kappa shape index (κ1) is 93.1. The van der Waals surface area contributed by atoms with Gasteiger partial charge >= 0.3 is 39.5 Å². The molecule has 0 saturated heterocycles. The highest BCUT2D eigenvalue weighted by Crippen LogP contribution is 2.45. The smallest absolute Gasteiger partial charge is 0.462 e. The van der Waals surface area contributed by atoms with Gasteiger partial charge in [-0.05, 0) is 37.5 Å². The van der Waals surface area contributed by atoms with Gasteiger partial charge in [-0.25, -0.2) is 9.13 Å². The van der Waals surface area contributed by atoms with Gasteiger partial charge in [-0.15, -0.1) is 0 Å². The molecule has 0 radical (unpaired) electrons. The zero-order valence-electron chi connectivity index (χ0n) is 62.0. The molecule has 564 valence electrons. The average molecular weight is 1400 g/mol. The van der Waals surface area contributed by atoms with Gasteiger partial charge in [0.25, 0.3) is 0 Å². The summed E-state index contributed by atoms with van der Waals surface area (Å²) < 4.78 is 68.5. The van der Waals surface area contributed by atoms with Crippen molar-refractivity contribution in [3.05, 3.63) is 0 Å². The van der Waals surface area contributed by atoms with Gasteiger partial charge in [-0.1, -0.05) is 343 Å². The number of carbonyl (C=O) groups excluding carboxylic acids is 4. The Hall–Kier alpha value is -1.94. The zero-order chi connectivity index (χ0) is 70.0. The molecule has 0 spiro atoms. The number of aliphatic hydroxyl groups is 1. The molecule has 3 unspecified atom stereocenters. The van der Waals surface area contributed by atoms with E-state index in [1.54, 1.807) is 0 Å². The van der Waals surface area contributed by atoms with Crippen molar-refractivity contribution < 1.29 is 80.2 Å². The van der Waals surface area contributed by atoms with Crippen LogP contribution in [0, 0.1) is 11.8 Å². The van der Waals surface area contributed by atoms with Crippen LogP contribution >= 0.6 is 15.6 Å². The SMILES string of the molecule is CCCCCCCCCCCCCCCCCC(=O)OC[C@H](COP(=O)(O)OC[C@@H](O)COP(=O)(O)OC[C@@H](COC(=O)CCCCCCCCCCCC)OC(=O)CCCCCCCCCCCCC(C)CC)OC(=O)CCCCCCCCCCCCCCCC(C)C. The lowest BCUT2D eigenvalue weighted by atomic mass is 9.99. The lowest BCUT2D eigenvalue weighted by Gasteiger charge is -2.21. The number of phosphoric ester groups is 2. The monoisotopic (exact) mass is 1400 g/mol. The Bertz CT molecular complexity index is 1840. The van der Waals surface area contributed by atoms with Gasteiger partial charge in [0.05, 0.1) is 26.4 Å². The van der Waals surface area contributed by atoms with Crippen LogP contribution in [-0.2, 0) is 65.4 Å². The van der Waals surface area contributed by atoms with E-state index in [0.29, 0.717) is 25.7 Å². The third kappa shape index (κ3) is 69.0. The highest BCUT2D eigenvalue weighted by Gasteiger charge is 2.30. The van der Waals surface area contributed by atoms with Crippen molar-refractivity contribution in [3.63, 3.8) is 0 Å². The highest BCUT2D eigenvalue weighted by atomic mass is 31.2. The van der Waals surface area contributed by atoms with Gasteiger partial charge in [0.2, 0.25) is 0 Å². The Morgan fingerprint density at radius 1 is 0.305 bits per heavy atom. The molecule has 0 aliphatic heterocycles. The summed E-state index contributed by atoms with van der Waals surface area (Å²) in [5.74, 6) is -0.524. The van der Waals surface area contributed by atoms with Crippen LogP contribution in [-0.4, -0.2) is 96.7 Å². The average Bonchev–Trinajstić information content (AvgIpc) is 3.65. The Morgan fingerprint density at radius 2 is 0.537 bits per heavy atom. The molecule has 17 nitrogen and oxygen atoms in total. The van der Waals surface area contributed by atoms with Gasteiger partial charge < -0.3 is 33.8 Å². The molecule has 3 N–H and O–H groups in total. The van der Waals surface area contributed by atoms with E-state index < -0.39 is 97.5 Å². The maximum Gasteiger partial charge on any atom is 0.472 e. The molecule has 0 heterocycles. The molecule has 0 saturated carbocycles. The molecule has 0 fully saturated rings. The fourth-order valence-corrected chi connectivity index (χ4v) is 13.2. The minimum absolute atomic E-state index is 0.106. The summed E-state index contributed by atoms with van der Waals surface area (Å²) in [5.41, 5.74) is 0. The maximum absolute atomic E-state index is 13.1. The van der Waals surface area contributed by atoms with Crippen molar-refractivity contribution in [1.29, 1.82) is 0 Å². The molecule has 0 aromatic carbocycles. The second kappa shape index (κ2) is 67.9. The molecule has 0 bridgehead atoms. The van der Waals surface area contributed by atoms with Crippen LogP contribution in [0.2, 0.25) is 0 Å². The van der Waals surface area contributed by atoms with Crippen molar-refractivity contribution in [3.8, 4) is 0 Å². The number of phosphoric acid groups is 2. The molecule has 95 heavy (non-hydrogen) atoms. The van der Waals surface area contributed by atoms with Gasteiger partial charge in [-0.2, -0.15) is 0 Å². The number of aliphatic hydroxyl groups excluding tert-OH is 1. The second-order valence-electron chi connectivity index (χ2n) is 28.1. The largest absolute Gasteiger partial charge is 0.472 e. The van der Waals surface area contributed by atoms with Gasteiger partial charge in [-0.3, -0.25) is 37.3 Å². The third-order valence-electron chi connectivity index (χ3n) is 18.1. The summed E-state index contributed by atoms with van der Waals surface area (Å²) in [5, 5.41) is 10.6. The Balaban J connectivity index is 5.26. The molecule has 0 aromatic heterocycles. The van der Waals surface area contributed by atoms with E-state index in [9.17, 15) is 43.2 Å². The first-order chi connectivity index (χ1) is 45.9. The highest BCUT2D eigenvalue weighted by molar-refractivity contribution is 7.47. The maximum atomic E-state index is 13.1. The summed E-state index contributed by atoms with van der Waals surface area (Å²) >= 11 is 0. The van der Waals surface area contributed by atoms with Gasteiger partial charge in [0.15, 0.2) is 12.2 Å². The molecule has 0 amide bonds. The van der Waals surface area contributed by atoms with E-state index in [4.69, 9.17) is 37.0 Å². The van der Waals surface area contributed by atoms with Crippen molar-refractivity contribution in [1.82, 2.24) is 0 Å². The van der Waals surface area contributed by atoms with Crippen molar-refractivity contribution in [2.24, 2.45) is 11.8 Å². The van der Waals surface area contributed by atoms with Gasteiger partial charge in [0.1, 0.15) is 19.3 Å². The first-order valence-corrected chi connectivity index (χ1v) is 42.5. The summed E-state index contributed by atoms with van der Waals surface area (Å²) in [6.45, 7) is 9.64. The quantitative estimate of drug-likeness (QED) is 0.0222. The van der Waals surface area contributed by atoms with E-state index in [0.717, 1.165) is 102 Å². The minimum atomic E-state index is -4.96. The lowest BCUT2D eigenvalue weighted by molar-refractivity contribution is -0.161. The normalized spacial score (nSPS) is 14.3. The van der Waals surface area contributed by atoms with Crippen LogP contribution in [0.25, 0.3) is 0 Å². The Kier molecular flexibility index (Phi) is 66.5. The number of hydrogen-bond donors (Lipinski definition) is 3. The number of unbranched alkanes of at least 4 members (excludes halogenated alkanes) is 44. The fraction of sp³-hybridized carbons (Fsp3) is 0.947. The van der Waals surface area contributed by atoms with E-state index in [1.807, 2.05) is 0 Å². The molecule has 0 rings (SSSR count). The molecule has 0 aliphatic rings. The number of hydrogen-bond acceptors (Lipinski definition) is 15. The molecular formula is C76H148O17P2. The number of carbonyl (C=O) groups is 4. The van der Waals surface area contributed by atoms with E-state index in [1.165, 1.54) is 212 Å². The molecule has 19 heteroatoms. The van der Waals surface area contributed by atoms with E-state index in [-0.39, 0.29) is 25.7 Å². The van der Waals surface area contributed by atoms with Crippen LogP contribution in [0.5, 0.6) is 0 Å². The van der Waals surface area contributed by atoms with E-state index in [2.05, 4.69) is 41.5 Å². The Morgan fingerprint density at radius 3 is 0.800 bits per heavy atom. The molecular weight excluding hydrogens is 1250 g/mol. The number of rotatable bonds is 75. The third-order valence-corrected chi connectivity index (χ3v) is 20.0. The van der Waals surface area contributed by atoms with E-state index >= 15 is 0 Å². The standard InChI is InChI=1S/C76H148O17P2/c1-7-10-12-14-16-18-20-21-22-25-28-35-41-47-53-59-74(79)87-65-72(92-75(80)60-54-48-42-36-29-26-23-24-27-32-38-44-50-56-68(4)5)67-91-95(84,85)89-63-70(77)62-88-94(82,83)90-66-71(64-86-73(78)58-52-46-40-34-19-17-15-13-11-8-2)93-76(81)61-55-49-43-37-31-30-33-39-45-51-57-69(6)9-3/h68-72,77H,7-67H2,1-6H3,(H,82,83)(H,84,85)/t69?,70-,71+,72+/m0/s1.